The molecule has 2 rings (SSSR count). The third kappa shape index (κ3) is 5.76. The molecule has 0 bridgehead atoms. The van der Waals surface area contributed by atoms with Gasteiger partial charge in [0, 0.05) is 28.6 Å². The van der Waals surface area contributed by atoms with Gasteiger partial charge in [0.1, 0.15) is 0 Å². The number of unbranched alkanes of at least 4 members (excludes halogenated alkanes) is 4. The molecule has 194 valence electrons. The summed E-state index contributed by atoms with van der Waals surface area (Å²) >= 11 is 0. The second-order valence-electron chi connectivity index (χ2n) is 12.6. The first-order valence-electron chi connectivity index (χ1n) is 12.9. The molecular formula is C28H48N2O4. The molecule has 0 spiro atoms. The summed E-state index contributed by atoms with van der Waals surface area (Å²) in [6, 6.07) is 0. The van der Waals surface area contributed by atoms with Crippen LogP contribution in [0.5, 0.6) is 0 Å². The van der Waals surface area contributed by atoms with Crippen LogP contribution in [-0.2, 0) is 9.59 Å². The van der Waals surface area contributed by atoms with E-state index in [-0.39, 0.29) is 17.5 Å². The van der Waals surface area contributed by atoms with Gasteiger partial charge in [-0.2, -0.15) is 0 Å². The van der Waals surface area contributed by atoms with Gasteiger partial charge in [-0.3, -0.25) is 14.6 Å². The van der Waals surface area contributed by atoms with E-state index in [1.807, 2.05) is 0 Å². The van der Waals surface area contributed by atoms with Crippen LogP contribution >= 0.6 is 0 Å². The highest BCUT2D eigenvalue weighted by Crippen LogP contribution is 2.50. The fourth-order valence-corrected chi connectivity index (χ4v) is 6.92. The smallest absolute Gasteiger partial charge is 0.339 e. The molecule has 0 aromatic rings. The quantitative estimate of drug-likeness (QED) is 0.272. The van der Waals surface area contributed by atoms with Crippen LogP contribution in [0, 0.1) is 0 Å². The van der Waals surface area contributed by atoms with Gasteiger partial charge in [0.05, 0.1) is 0 Å². The zero-order valence-corrected chi connectivity index (χ0v) is 22.8. The Balaban J connectivity index is 2.53. The second-order valence-corrected chi connectivity index (χ2v) is 12.6. The SMILES string of the molecule is CC1(C)C=CCC(C)(C)N1C(CCCCCCCC(=O)O)(C(=O)O)N1C(C)(C)C=CCC1(C)C. The lowest BCUT2D eigenvalue weighted by Crippen LogP contribution is -2.81. The summed E-state index contributed by atoms with van der Waals surface area (Å²) in [5, 5.41) is 20.0. The molecular weight excluding hydrogens is 428 g/mol. The molecule has 6 heteroatoms. The van der Waals surface area contributed by atoms with Crippen molar-refractivity contribution in [1.29, 1.82) is 0 Å². The molecule has 0 aromatic carbocycles. The minimum atomic E-state index is -1.20. The van der Waals surface area contributed by atoms with E-state index in [1.54, 1.807) is 0 Å². The van der Waals surface area contributed by atoms with E-state index in [2.05, 4.69) is 89.5 Å². The highest BCUT2D eigenvalue weighted by Gasteiger charge is 2.63. The average molecular weight is 477 g/mol. The maximum absolute atomic E-state index is 13.6. The van der Waals surface area contributed by atoms with Crippen LogP contribution in [-0.4, -0.2) is 59.8 Å². The summed E-state index contributed by atoms with van der Waals surface area (Å²) in [5.74, 6) is -1.54. The van der Waals surface area contributed by atoms with E-state index in [0.717, 1.165) is 38.5 Å². The molecule has 0 unspecified atom stereocenters. The van der Waals surface area contributed by atoms with Crippen LogP contribution in [0.2, 0.25) is 0 Å². The molecule has 0 atom stereocenters. The van der Waals surface area contributed by atoms with Crippen molar-refractivity contribution in [2.45, 2.75) is 141 Å². The van der Waals surface area contributed by atoms with Gasteiger partial charge >= 0.3 is 11.9 Å². The van der Waals surface area contributed by atoms with E-state index in [1.165, 1.54) is 0 Å². The third-order valence-electron chi connectivity index (χ3n) is 7.65. The van der Waals surface area contributed by atoms with E-state index in [0.29, 0.717) is 12.8 Å². The van der Waals surface area contributed by atoms with Crippen molar-refractivity contribution in [3.05, 3.63) is 24.3 Å². The standard InChI is InChI=1S/C28H48N2O4/c1-24(2)17-14-18-25(3,4)29(24)28(23(33)34,21-13-11-9-10-12-16-22(31)32)30-26(5,6)19-15-20-27(30,7)8/h14-15,17,19H,9-13,16,18,20-21H2,1-8H3,(H,31,32)(H,33,34). The van der Waals surface area contributed by atoms with Crippen molar-refractivity contribution in [3.8, 4) is 0 Å². The van der Waals surface area contributed by atoms with Gasteiger partial charge in [-0.1, -0.05) is 43.6 Å². The zero-order valence-electron chi connectivity index (χ0n) is 22.8. The Morgan fingerprint density at radius 1 is 0.735 bits per heavy atom. The van der Waals surface area contributed by atoms with Crippen LogP contribution in [0.25, 0.3) is 0 Å². The zero-order chi connectivity index (χ0) is 26.0. The number of hydrogen-bond donors (Lipinski definition) is 2. The Labute approximate surface area is 207 Å². The molecule has 6 nitrogen and oxygen atoms in total. The summed E-state index contributed by atoms with van der Waals surface area (Å²) in [6.07, 6.45) is 15.2. The molecule has 2 aliphatic rings. The second kappa shape index (κ2) is 10.1. The molecule has 2 heterocycles. The molecule has 0 fully saturated rings. The minimum absolute atomic E-state index is 0.198. The van der Waals surface area contributed by atoms with Crippen molar-refractivity contribution in [3.63, 3.8) is 0 Å². The number of aliphatic carboxylic acids is 2. The van der Waals surface area contributed by atoms with E-state index < -0.39 is 28.7 Å². The summed E-state index contributed by atoms with van der Waals surface area (Å²) in [4.78, 5) is 29.0. The van der Waals surface area contributed by atoms with Gasteiger partial charge in [-0.05, 0) is 87.5 Å². The predicted molar refractivity (Wildman–Crippen MR) is 138 cm³/mol. The Morgan fingerprint density at radius 3 is 1.53 bits per heavy atom. The molecule has 34 heavy (non-hydrogen) atoms. The Morgan fingerprint density at radius 2 is 1.15 bits per heavy atom. The third-order valence-corrected chi connectivity index (χ3v) is 7.65. The number of nitrogens with zero attached hydrogens (tertiary/aromatic N) is 2. The minimum Gasteiger partial charge on any atom is -0.481 e. The van der Waals surface area contributed by atoms with Gasteiger partial charge in [0.15, 0.2) is 5.66 Å². The molecule has 0 saturated carbocycles. The molecule has 2 aliphatic heterocycles. The van der Waals surface area contributed by atoms with Crippen LogP contribution < -0.4 is 0 Å². The largest absolute Gasteiger partial charge is 0.481 e. The first-order chi connectivity index (χ1) is 15.5. The molecule has 0 amide bonds. The summed E-state index contributed by atoms with van der Waals surface area (Å²) in [5.41, 5.74) is -2.75. The lowest BCUT2D eigenvalue weighted by molar-refractivity contribution is -0.223. The number of hydrogen-bond acceptors (Lipinski definition) is 4. The average Bonchev–Trinajstić information content (AvgIpc) is 2.63. The van der Waals surface area contributed by atoms with E-state index >= 15 is 0 Å². The first-order valence-corrected chi connectivity index (χ1v) is 12.9. The van der Waals surface area contributed by atoms with Crippen LogP contribution in [0.4, 0.5) is 0 Å². The van der Waals surface area contributed by atoms with Gasteiger partial charge in [0.2, 0.25) is 0 Å². The van der Waals surface area contributed by atoms with Crippen molar-refractivity contribution in [2.75, 3.05) is 0 Å². The number of carboxylic acid groups (broad SMARTS) is 2. The number of rotatable bonds is 11. The van der Waals surface area contributed by atoms with Gasteiger partial charge in [0.25, 0.3) is 0 Å². The lowest BCUT2D eigenvalue weighted by atomic mass is 9.74. The first kappa shape index (κ1) is 28.6. The van der Waals surface area contributed by atoms with Crippen molar-refractivity contribution < 1.29 is 19.8 Å². The molecule has 2 N–H and O–H groups in total. The predicted octanol–water partition coefficient (Wildman–Crippen LogP) is 6.22. The van der Waals surface area contributed by atoms with Crippen LogP contribution in [0.3, 0.4) is 0 Å². The molecule has 0 radical (unpaired) electrons. The summed E-state index contributed by atoms with van der Waals surface area (Å²) < 4.78 is 0. The normalized spacial score (nSPS) is 23.6. The molecule has 0 saturated heterocycles. The van der Waals surface area contributed by atoms with Crippen molar-refractivity contribution in [2.24, 2.45) is 0 Å². The van der Waals surface area contributed by atoms with E-state index in [4.69, 9.17) is 5.11 Å². The number of carbonyl (C=O) groups is 2. The fourth-order valence-electron chi connectivity index (χ4n) is 6.92. The Kier molecular flexibility index (Phi) is 8.52. The monoisotopic (exact) mass is 476 g/mol. The topological polar surface area (TPSA) is 81.1 Å². The van der Waals surface area contributed by atoms with E-state index in [9.17, 15) is 14.7 Å². The van der Waals surface area contributed by atoms with Crippen LogP contribution in [0.15, 0.2) is 24.3 Å². The van der Waals surface area contributed by atoms with Crippen molar-refractivity contribution in [1.82, 2.24) is 9.80 Å². The maximum atomic E-state index is 13.6. The summed E-state index contributed by atoms with van der Waals surface area (Å²) in [6.45, 7) is 17.2. The van der Waals surface area contributed by atoms with Gasteiger partial charge in [-0.15, -0.1) is 0 Å². The highest BCUT2D eigenvalue weighted by molar-refractivity contribution is 5.79. The molecule has 0 aliphatic carbocycles. The van der Waals surface area contributed by atoms with Gasteiger partial charge < -0.3 is 10.2 Å². The number of carboxylic acids is 2. The fraction of sp³-hybridized carbons (Fsp3) is 0.786. The molecule has 0 aromatic heterocycles. The maximum Gasteiger partial charge on any atom is 0.339 e. The Bertz CT molecular complexity index is 763. The highest BCUT2D eigenvalue weighted by atomic mass is 16.4. The van der Waals surface area contributed by atoms with Crippen LogP contribution in [0.1, 0.15) is 113 Å². The Hall–Kier alpha value is -1.66. The lowest BCUT2D eigenvalue weighted by Gasteiger charge is -2.66. The van der Waals surface area contributed by atoms with Gasteiger partial charge in [-0.25, -0.2) is 4.79 Å². The summed E-state index contributed by atoms with van der Waals surface area (Å²) in [7, 11) is 0. The van der Waals surface area contributed by atoms with Crippen molar-refractivity contribution >= 4 is 11.9 Å².